The van der Waals surface area contributed by atoms with Crippen LogP contribution in [0.2, 0.25) is 0 Å². The maximum atomic E-state index is 11.8. The van der Waals surface area contributed by atoms with Gasteiger partial charge in [-0.25, -0.2) is 0 Å². The lowest BCUT2D eigenvalue weighted by molar-refractivity contribution is 0.0972. The van der Waals surface area contributed by atoms with E-state index in [-0.39, 0.29) is 12.4 Å². The zero-order valence-corrected chi connectivity index (χ0v) is 11.2. The Labute approximate surface area is 117 Å². The molecule has 1 aliphatic rings. The molecule has 0 radical (unpaired) electrons. The average Bonchev–Trinajstić information content (AvgIpc) is 2.91. The highest BCUT2D eigenvalue weighted by Gasteiger charge is 2.20. The molecular formula is C16H17NO3. The molecule has 0 aliphatic heterocycles. The lowest BCUT2D eigenvalue weighted by Gasteiger charge is -2.15. The van der Waals surface area contributed by atoms with Crippen LogP contribution in [0.5, 0.6) is 5.75 Å². The monoisotopic (exact) mass is 271 g/mol. The highest BCUT2D eigenvalue weighted by atomic mass is 16.5. The van der Waals surface area contributed by atoms with Gasteiger partial charge in [0, 0.05) is 29.6 Å². The number of aliphatic hydroxyl groups excluding tert-OH is 1. The van der Waals surface area contributed by atoms with Crippen LogP contribution in [0.1, 0.15) is 28.9 Å². The number of aliphatic hydroxyl groups is 1. The van der Waals surface area contributed by atoms with Crippen molar-refractivity contribution in [1.29, 1.82) is 0 Å². The standard InChI is InChI=1S/C16H17NO3/c18-10-11-20-13-6-4-12(5-7-13)17-9-8-14-15(17)2-1-3-16(14)19/h4-9,18H,1-3,10-11H2. The molecule has 3 rings (SSSR count). The third kappa shape index (κ3) is 2.34. The van der Waals surface area contributed by atoms with Gasteiger partial charge in [0.2, 0.25) is 0 Å². The van der Waals surface area contributed by atoms with E-state index in [4.69, 9.17) is 9.84 Å². The van der Waals surface area contributed by atoms with E-state index in [2.05, 4.69) is 4.57 Å². The highest BCUT2D eigenvalue weighted by Crippen LogP contribution is 2.26. The summed E-state index contributed by atoms with van der Waals surface area (Å²) >= 11 is 0. The maximum Gasteiger partial charge on any atom is 0.164 e. The van der Waals surface area contributed by atoms with Gasteiger partial charge in [-0.3, -0.25) is 4.79 Å². The van der Waals surface area contributed by atoms with E-state index in [0.717, 1.165) is 35.5 Å². The molecule has 1 aliphatic carbocycles. The molecule has 0 bridgehead atoms. The lowest BCUT2D eigenvalue weighted by atomic mass is 9.97. The molecule has 1 heterocycles. The number of rotatable bonds is 4. The third-order valence-corrected chi connectivity index (χ3v) is 3.58. The molecule has 0 amide bonds. The minimum Gasteiger partial charge on any atom is -0.491 e. The number of nitrogens with zero attached hydrogens (tertiary/aromatic N) is 1. The van der Waals surface area contributed by atoms with Gasteiger partial charge in [0.25, 0.3) is 0 Å². The first-order valence-electron chi connectivity index (χ1n) is 6.87. The number of fused-ring (bicyclic) bond motifs is 1. The second kappa shape index (κ2) is 5.51. The Bertz CT molecular complexity index is 613. The summed E-state index contributed by atoms with van der Waals surface area (Å²) in [6, 6.07) is 9.59. The summed E-state index contributed by atoms with van der Waals surface area (Å²) in [5.74, 6) is 0.979. The first-order chi connectivity index (χ1) is 9.79. The van der Waals surface area contributed by atoms with Crippen LogP contribution in [-0.2, 0) is 6.42 Å². The minimum absolute atomic E-state index is 0.00890. The molecule has 0 unspecified atom stereocenters. The van der Waals surface area contributed by atoms with Gasteiger partial charge in [-0.05, 0) is 43.2 Å². The van der Waals surface area contributed by atoms with Crippen LogP contribution in [-0.4, -0.2) is 28.7 Å². The zero-order valence-electron chi connectivity index (χ0n) is 11.2. The SMILES string of the molecule is O=C1CCCc2c1ccn2-c1ccc(OCCO)cc1. The van der Waals surface area contributed by atoms with Crippen LogP contribution < -0.4 is 4.74 Å². The van der Waals surface area contributed by atoms with E-state index in [1.54, 1.807) is 0 Å². The quantitative estimate of drug-likeness (QED) is 0.928. The normalized spacial score (nSPS) is 14.2. The van der Waals surface area contributed by atoms with Crippen molar-refractivity contribution < 1.29 is 14.6 Å². The van der Waals surface area contributed by atoms with Crippen molar-refractivity contribution in [2.75, 3.05) is 13.2 Å². The summed E-state index contributed by atoms with van der Waals surface area (Å²) in [5.41, 5.74) is 2.99. The molecule has 104 valence electrons. The number of hydrogen-bond donors (Lipinski definition) is 1. The summed E-state index contributed by atoms with van der Waals surface area (Å²) in [5, 5.41) is 8.73. The number of carbonyl (C=O) groups is 1. The Balaban J connectivity index is 1.88. The molecule has 1 aromatic carbocycles. The first kappa shape index (κ1) is 12.9. The topological polar surface area (TPSA) is 51.5 Å². The molecule has 0 saturated carbocycles. The summed E-state index contributed by atoms with van der Waals surface area (Å²) in [6.07, 6.45) is 4.48. The molecular weight excluding hydrogens is 254 g/mol. The third-order valence-electron chi connectivity index (χ3n) is 3.58. The van der Waals surface area contributed by atoms with Gasteiger partial charge >= 0.3 is 0 Å². The fourth-order valence-electron chi connectivity index (χ4n) is 2.63. The van der Waals surface area contributed by atoms with Gasteiger partial charge in [0.15, 0.2) is 5.78 Å². The van der Waals surface area contributed by atoms with E-state index in [1.807, 2.05) is 36.5 Å². The van der Waals surface area contributed by atoms with E-state index in [9.17, 15) is 4.79 Å². The number of hydrogen-bond acceptors (Lipinski definition) is 3. The van der Waals surface area contributed by atoms with Crippen LogP contribution in [0.15, 0.2) is 36.5 Å². The average molecular weight is 271 g/mol. The van der Waals surface area contributed by atoms with Gasteiger partial charge in [-0.1, -0.05) is 0 Å². The summed E-state index contributed by atoms with van der Waals surface area (Å²) in [4.78, 5) is 11.8. The second-order valence-electron chi connectivity index (χ2n) is 4.89. The fourth-order valence-corrected chi connectivity index (χ4v) is 2.63. The van der Waals surface area contributed by atoms with E-state index < -0.39 is 0 Å². The van der Waals surface area contributed by atoms with Crippen molar-refractivity contribution in [3.63, 3.8) is 0 Å². The molecule has 4 heteroatoms. The predicted molar refractivity (Wildman–Crippen MR) is 75.6 cm³/mol. The molecule has 0 saturated heterocycles. The molecule has 1 N–H and O–H groups in total. The van der Waals surface area contributed by atoms with Crippen LogP contribution in [0.25, 0.3) is 5.69 Å². The Morgan fingerprint density at radius 3 is 2.70 bits per heavy atom. The molecule has 4 nitrogen and oxygen atoms in total. The summed E-state index contributed by atoms with van der Waals surface area (Å²) in [6.45, 7) is 0.307. The van der Waals surface area contributed by atoms with Crippen LogP contribution >= 0.6 is 0 Å². The Kier molecular flexibility index (Phi) is 3.56. The van der Waals surface area contributed by atoms with Crippen molar-refractivity contribution in [2.45, 2.75) is 19.3 Å². The van der Waals surface area contributed by atoms with E-state index in [1.165, 1.54) is 0 Å². The fraction of sp³-hybridized carbons (Fsp3) is 0.312. The number of ketones is 1. The van der Waals surface area contributed by atoms with Crippen molar-refractivity contribution in [2.24, 2.45) is 0 Å². The first-order valence-corrected chi connectivity index (χ1v) is 6.87. The molecule has 2 aromatic rings. The molecule has 1 aromatic heterocycles. The zero-order chi connectivity index (χ0) is 13.9. The van der Waals surface area contributed by atoms with Gasteiger partial charge in [0.05, 0.1) is 6.61 Å². The van der Waals surface area contributed by atoms with E-state index >= 15 is 0 Å². The predicted octanol–water partition coefficient (Wildman–Crippen LogP) is 2.37. The highest BCUT2D eigenvalue weighted by molar-refractivity contribution is 5.98. The van der Waals surface area contributed by atoms with Crippen molar-refractivity contribution in [3.8, 4) is 11.4 Å². The van der Waals surface area contributed by atoms with Crippen LogP contribution in [0.3, 0.4) is 0 Å². The molecule has 0 fully saturated rings. The van der Waals surface area contributed by atoms with Crippen molar-refractivity contribution in [1.82, 2.24) is 4.57 Å². The molecule has 20 heavy (non-hydrogen) atoms. The van der Waals surface area contributed by atoms with Gasteiger partial charge < -0.3 is 14.4 Å². The summed E-state index contributed by atoms with van der Waals surface area (Å²) < 4.78 is 7.42. The number of ether oxygens (including phenoxy) is 1. The van der Waals surface area contributed by atoms with Gasteiger partial charge in [-0.15, -0.1) is 0 Å². The van der Waals surface area contributed by atoms with E-state index in [0.29, 0.717) is 13.0 Å². The largest absolute Gasteiger partial charge is 0.491 e. The second-order valence-corrected chi connectivity index (χ2v) is 4.89. The molecule has 0 spiro atoms. The Morgan fingerprint density at radius 2 is 1.95 bits per heavy atom. The number of Topliss-reactive ketones (excluding diaryl/α,β-unsaturated/α-hetero) is 1. The molecule has 0 atom stereocenters. The van der Waals surface area contributed by atoms with Crippen molar-refractivity contribution in [3.05, 3.63) is 47.8 Å². The Hall–Kier alpha value is -2.07. The number of benzene rings is 1. The lowest BCUT2D eigenvalue weighted by Crippen LogP contribution is -2.12. The summed E-state index contributed by atoms with van der Waals surface area (Å²) in [7, 11) is 0. The van der Waals surface area contributed by atoms with Gasteiger partial charge in [-0.2, -0.15) is 0 Å². The maximum absolute atomic E-state index is 11.8. The van der Waals surface area contributed by atoms with Crippen LogP contribution in [0, 0.1) is 0 Å². The van der Waals surface area contributed by atoms with Crippen molar-refractivity contribution >= 4 is 5.78 Å². The van der Waals surface area contributed by atoms with Crippen LogP contribution in [0.4, 0.5) is 0 Å². The minimum atomic E-state index is 0.00890. The number of carbonyl (C=O) groups excluding carboxylic acids is 1. The number of aromatic nitrogens is 1. The smallest absolute Gasteiger partial charge is 0.164 e. The Morgan fingerprint density at radius 1 is 1.15 bits per heavy atom. The van der Waals surface area contributed by atoms with Gasteiger partial charge in [0.1, 0.15) is 12.4 Å².